The number of carbonyl (C=O) groups is 7. The minimum absolute atomic E-state index is 0. The van der Waals surface area contributed by atoms with Crippen molar-refractivity contribution in [3.05, 3.63) is 5.73 Å². The molecule has 18 nitrogen and oxygen atoms in total. The third-order valence-corrected chi connectivity index (χ3v) is 9.42. The summed E-state index contributed by atoms with van der Waals surface area (Å²) in [5, 5.41) is 28.7. The molecule has 67 heavy (non-hydrogen) atoms. The summed E-state index contributed by atoms with van der Waals surface area (Å²) in [5.41, 5.74) is 7.55. The maximum Gasteiger partial charge on any atom is 0.326 e. The van der Waals surface area contributed by atoms with Crippen molar-refractivity contribution in [2.45, 2.75) is 195 Å². The van der Waals surface area contributed by atoms with E-state index in [9.17, 15) is 38.7 Å². The van der Waals surface area contributed by atoms with Gasteiger partial charge in [0.25, 0.3) is 0 Å². The number of carboxylic acid groups (broad SMARTS) is 2. The maximum atomic E-state index is 12.3. The summed E-state index contributed by atoms with van der Waals surface area (Å²) in [7, 11) is 0. The van der Waals surface area contributed by atoms with Crippen LogP contribution in [0.4, 0.5) is 0 Å². The second-order valence-electron chi connectivity index (χ2n) is 14.9. The molecule has 0 aromatic rings. The summed E-state index contributed by atoms with van der Waals surface area (Å²) in [6, 6.07) is -1.84. The summed E-state index contributed by atoms with van der Waals surface area (Å²) in [5.74, 6) is -3.32. The molecule has 1 unspecified atom stereocenters. The second kappa shape index (κ2) is 59.5. The van der Waals surface area contributed by atoms with Crippen LogP contribution in [0.3, 0.4) is 0 Å². The van der Waals surface area contributed by atoms with Crippen molar-refractivity contribution < 1.29 is 95.4 Å². The molecule has 0 aliphatic rings. The van der Waals surface area contributed by atoms with E-state index in [-0.39, 0.29) is 154 Å². The molecule has 0 aromatic carbocycles. The monoisotopic (exact) mass is 1040 g/mol. The Kier molecular flexibility index (Phi) is 65.2. The number of nitrogens with one attached hydrogen (secondary N) is 5. The first-order valence-electron chi connectivity index (χ1n) is 25.0. The Morgan fingerprint density at radius 1 is 0.448 bits per heavy atom. The fourth-order valence-corrected chi connectivity index (χ4v) is 5.87. The van der Waals surface area contributed by atoms with Gasteiger partial charge in [0.1, 0.15) is 25.0 Å². The van der Waals surface area contributed by atoms with Crippen molar-refractivity contribution in [1.29, 1.82) is 0 Å². The number of carboxylic acids is 2. The number of ketones is 1. The van der Waals surface area contributed by atoms with Gasteiger partial charge in [-0.1, -0.05) is 137 Å². The first-order valence-corrected chi connectivity index (χ1v) is 25.0. The van der Waals surface area contributed by atoms with Crippen molar-refractivity contribution in [3.63, 3.8) is 0 Å². The van der Waals surface area contributed by atoms with E-state index in [4.69, 9.17) is 29.8 Å². The maximum absolute atomic E-state index is 12.3. The molecule has 1 radical (unpaired) electrons. The Bertz CT molecular complexity index is 1190. The van der Waals surface area contributed by atoms with Gasteiger partial charge in [0, 0.05) is 71.6 Å². The average Bonchev–Trinajstić information content (AvgIpc) is 3.30. The fourth-order valence-electron chi connectivity index (χ4n) is 5.87. The summed E-state index contributed by atoms with van der Waals surface area (Å²) >= 11 is 0. The van der Waals surface area contributed by atoms with Crippen LogP contribution in [0.1, 0.15) is 183 Å². The molecule has 0 heterocycles. The van der Waals surface area contributed by atoms with Crippen molar-refractivity contribution in [2.75, 3.05) is 72.5 Å². The number of hydrogen-bond donors (Lipinski definition) is 6. The van der Waals surface area contributed by atoms with E-state index in [1.807, 2.05) is 41.5 Å². The minimum Gasteiger partial charge on any atom is -0.668 e. The van der Waals surface area contributed by atoms with Gasteiger partial charge in [-0.15, -0.1) is 0 Å². The number of amides is 4. The van der Waals surface area contributed by atoms with Gasteiger partial charge in [0.15, 0.2) is 0 Å². The van der Waals surface area contributed by atoms with Gasteiger partial charge in [-0.2, -0.15) is 0 Å². The van der Waals surface area contributed by atoms with Crippen LogP contribution in [-0.4, -0.2) is 136 Å². The van der Waals surface area contributed by atoms with E-state index < -0.39 is 24.0 Å². The largest absolute Gasteiger partial charge is 0.668 e. The third-order valence-electron chi connectivity index (χ3n) is 9.42. The molecule has 0 aromatic heterocycles. The van der Waals surface area contributed by atoms with Crippen molar-refractivity contribution in [2.24, 2.45) is 0 Å². The van der Waals surface area contributed by atoms with E-state index in [0.717, 1.165) is 38.5 Å². The first-order chi connectivity index (χ1) is 31.9. The van der Waals surface area contributed by atoms with E-state index >= 15 is 0 Å². The average molecular weight is 1040 g/mol. The van der Waals surface area contributed by atoms with Crippen LogP contribution in [0.25, 0.3) is 5.73 Å². The van der Waals surface area contributed by atoms with Crippen LogP contribution in [0.15, 0.2) is 0 Å². The zero-order valence-electron chi connectivity index (χ0n) is 42.7. The molecule has 4 amide bonds. The Labute approximate surface area is 429 Å². The molecule has 0 saturated heterocycles. The number of ether oxygens (including phenoxy) is 4. The number of unbranched alkanes of at least 4 members (excludes halogenated alkanes) is 14. The van der Waals surface area contributed by atoms with Gasteiger partial charge in [-0.25, -0.2) is 4.79 Å². The Morgan fingerprint density at radius 2 is 0.836 bits per heavy atom. The molecule has 0 spiro atoms. The quantitative estimate of drug-likeness (QED) is 0.0327. The number of aliphatic carboxylic acids is 2. The zero-order valence-corrected chi connectivity index (χ0v) is 45.6. The van der Waals surface area contributed by atoms with Gasteiger partial charge < -0.3 is 61.0 Å². The predicted molar refractivity (Wildman–Crippen MR) is 259 cm³/mol. The van der Waals surface area contributed by atoms with E-state index in [0.29, 0.717) is 32.2 Å². The Morgan fingerprint density at radius 3 is 1.25 bits per heavy atom. The smallest absolute Gasteiger partial charge is 0.326 e. The van der Waals surface area contributed by atoms with Crippen LogP contribution < -0.4 is 21.3 Å². The summed E-state index contributed by atoms with van der Waals surface area (Å²) in [6.07, 6.45) is 17.3. The number of Topliss-reactive ketones (excluding diaryl/α,β-unsaturated/α-hetero) is 1. The van der Waals surface area contributed by atoms with Gasteiger partial charge >= 0.3 is 11.9 Å². The molecular weight excluding hydrogens is 943 g/mol. The molecular formula is C48H94N5O13Y-. The molecule has 19 heteroatoms. The molecule has 0 aliphatic heterocycles. The standard InChI is InChI=1S/C42H76N5O13.3C2H6.Y/c1-34(48)35(43)18-16-17-23-44-39(51)32-59-30-29-58-27-25-46-40(52)33-60-31-28-57-26-24-45-37(49)22-21-36(42(55)56)47-38(50)19-14-12-10-8-6-4-2-3-5-7-9-11-13-15-20-41(53)54;3*1-2;/h35-36,43H,2-33H2,1H3,(H,44,51)(H,45,49)(H,46,52)(H,47,50)(H,53,54)(H,55,56);3*1-2H3;/q-1;;;;/t35?,36-;;;;/m0..../s1. The van der Waals surface area contributed by atoms with Crippen LogP contribution in [0, 0.1) is 0 Å². The molecule has 0 aliphatic carbocycles. The Hall–Kier alpha value is -2.61. The normalized spacial score (nSPS) is 11.0. The van der Waals surface area contributed by atoms with Crippen LogP contribution in [0.5, 0.6) is 0 Å². The first kappa shape index (κ1) is 73.4. The molecule has 0 saturated carbocycles. The predicted octanol–water partition coefficient (Wildman–Crippen LogP) is 7.33. The number of carbonyl (C=O) groups excluding carboxylic acids is 5. The topological polar surface area (TPSA) is 269 Å². The van der Waals surface area contributed by atoms with E-state index in [1.165, 1.54) is 51.9 Å². The van der Waals surface area contributed by atoms with Crippen LogP contribution in [0.2, 0.25) is 0 Å². The SMILES string of the molecule is CC.CC.CC.CC(=O)C([NH-])CCCCNC(=O)COCCOCCNC(=O)COCCOCCNC(=O)CC[C@H](NC(=O)CCCCCCCCCCCCCCCCC(=O)O)C(=O)O.[Y]. The Balaban J connectivity index is -0.00000175. The van der Waals surface area contributed by atoms with Crippen LogP contribution >= 0.6 is 0 Å². The number of rotatable bonds is 44. The summed E-state index contributed by atoms with van der Waals surface area (Å²) in [4.78, 5) is 81.3. The molecule has 0 fully saturated rings. The van der Waals surface area contributed by atoms with Crippen LogP contribution in [-0.2, 0) is 85.2 Å². The van der Waals surface area contributed by atoms with Crippen molar-refractivity contribution in [3.8, 4) is 0 Å². The molecule has 7 N–H and O–H groups in total. The summed E-state index contributed by atoms with van der Waals surface area (Å²) in [6.45, 7) is 15.4. The van der Waals surface area contributed by atoms with Gasteiger partial charge in [0.05, 0.1) is 39.6 Å². The van der Waals surface area contributed by atoms with E-state index in [2.05, 4.69) is 21.3 Å². The van der Waals surface area contributed by atoms with Crippen molar-refractivity contribution >= 4 is 41.4 Å². The second-order valence-corrected chi connectivity index (χ2v) is 14.9. The zero-order chi connectivity index (χ0) is 50.5. The molecule has 0 bridgehead atoms. The molecule has 2 atom stereocenters. The van der Waals surface area contributed by atoms with Gasteiger partial charge in [-0.05, 0) is 32.6 Å². The summed E-state index contributed by atoms with van der Waals surface area (Å²) < 4.78 is 21.3. The third kappa shape index (κ3) is 59.5. The van der Waals surface area contributed by atoms with Gasteiger partial charge in [-0.3, -0.25) is 24.0 Å². The van der Waals surface area contributed by atoms with Crippen molar-refractivity contribution in [1.82, 2.24) is 21.3 Å². The minimum atomic E-state index is -1.19. The van der Waals surface area contributed by atoms with Gasteiger partial charge in [0.2, 0.25) is 23.6 Å². The number of hydrogen-bond acceptors (Lipinski definition) is 11. The molecule has 0 rings (SSSR count). The fraction of sp³-hybridized carbons (Fsp3) is 0.854. The van der Waals surface area contributed by atoms with E-state index in [1.54, 1.807) is 0 Å². The molecule has 393 valence electrons.